The Morgan fingerprint density at radius 2 is 1.67 bits per heavy atom. The number of methoxy groups -OCH3 is 1. The van der Waals surface area contributed by atoms with Gasteiger partial charge in [0.25, 0.3) is 0 Å². The van der Waals surface area contributed by atoms with E-state index in [0.717, 1.165) is 56.2 Å². The van der Waals surface area contributed by atoms with Crippen molar-refractivity contribution in [3.05, 3.63) is 65.7 Å². The van der Waals surface area contributed by atoms with Crippen molar-refractivity contribution in [2.75, 3.05) is 38.2 Å². The van der Waals surface area contributed by atoms with Crippen LogP contribution in [0.3, 0.4) is 0 Å². The lowest BCUT2D eigenvalue weighted by atomic mass is 9.95. The Hall–Kier alpha value is -3.00. The van der Waals surface area contributed by atoms with Gasteiger partial charge in [-0.15, -0.1) is 5.10 Å². The first-order valence-corrected chi connectivity index (χ1v) is 11.9. The molecule has 3 aromatic rings. The van der Waals surface area contributed by atoms with Gasteiger partial charge in [0.05, 0.1) is 18.8 Å². The van der Waals surface area contributed by atoms with Crippen molar-refractivity contribution in [3.63, 3.8) is 0 Å². The van der Waals surface area contributed by atoms with Gasteiger partial charge in [-0.25, -0.2) is 9.07 Å². The van der Waals surface area contributed by atoms with E-state index in [-0.39, 0.29) is 11.9 Å². The number of rotatable bonds is 6. The van der Waals surface area contributed by atoms with Gasteiger partial charge in [-0.1, -0.05) is 49.6 Å². The number of benzene rings is 2. The minimum atomic E-state index is -0.173. The van der Waals surface area contributed by atoms with Crippen molar-refractivity contribution in [2.45, 2.75) is 44.2 Å². The zero-order valence-corrected chi connectivity index (χ0v) is 19.1. The summed E-state index contributed by atoms with van der Waals surface area (Å²) in [4.78, 5) is 4.52. The fourth-order valence-corrected chi connectivity index (χ4v) is 5.29. The minimum Gasteiger partial charge on any atom is -0.496 e. The monoisotopic (exact) mass is 450 g/mol. The molecule has 1 aromatic heterocycles. The van der Waals surface area contributed by atoms with Gasteiger partial charge in [0, 0.05) is 31.7 Å². The topological polar surface area (TPSA) is 59.3 Å². The van der Waals surface area contributed by atoms with Crippen LogP contribution in [0.5, 0.6) is 5.75 Å². The van der Waals surface area contributed by atoms with Gasteiger partial charge in [0.1, 0.15) is 17.6 Å². The van der Waals surface area contributed by atoms with Crippen LogP contribution in [-0.2, 0) is 0 Å². The van der Waals surface area contributed by atoms with Gasteiger partial charge in [-0.2, -0.15) is 0 Å². The first-order valence-electron chi connectivity index (χ1n) is 11.9. The van der Waals surface area contributed by atoms with E-state index in [9.17, 15) is 4.39 Å². The third-order valence-electron chi connectivity index (χ3n) is 6.99. The third kappa shape index (κ3) is 4.44. The Morgan fingerprint density at radius 3 is 2.42 bits per heavy atom. The first-order chi connectivity index (χ1) is 16.3. The van der Waals surface area contributed by atoms with Crippen LogP contribution in [0.2, 0.25) is 0 Å². The number of anilines is 1. The molecule has 0 amide bonds. The predicted molar refractivity (Wildman–Crippen MR) is 125 cm³/mol. The highest BCUT2D eigenvalue weighted by atomic mass is 19.1. The molecular formula is C25H31FN6O. The molecule has 0 N–H and O–H groups in total. The van der Waals surface area contributed by atoms with Crippen molar-refractivity contribution in [2.24, 2.45) is 0 Å². The standard InChI is InChI=1S/C25H31FN6O/c1-33-23-14-8-5-11-20(23)24(25-27-28-29-32(25)19-9-3-2-4-10-19)31-17-15-30(16-18-31)22-13-7-6-12-21(22)26/h5-8,11-14,19,24H,2-4,9-10,15-18H2,1H3. The average Bonchev–Trinajstić information content (AvgIpc) is 3.35. The number of tetrazole rings is 1. The van der Waals surface area contributed by atoms with Crippen LogP contribution in [0.15, 0.2) is 48.5 Å². The number of ether oxygens (including phenoxy) is 1. The van der Waals surface area contributed by atoms with Crippen LogP contribution in [0.25, 0.3) is 0 Å². The highest BCUT2D eigenvalue weighted by Crippen LogP contribution is 2.37. The number of halogens is 1. The van der Waals surface area contributed by atoms with E-state index >= 15 is 0 Å². The molecule has 8 heteroatoms. The molecule has 2 heterocycles. The summed E-state index contributed by atoms with van der Waals surface area (Å²) < 4.78 is 22.2. The van der Waals surface area contributed by atoms with E-state index in [1.54, 1.807) is 13.2 Å². The maximum atomic E-state index is 14.4. The van der Waals surface area contributed by atoms with E-state index < -0.39 is 0 Å². The lowest BCUT2D eigenvalue weighted by molar-refractivity contribution is 0.190. The number of nitrogens with zero attached hydrogens (tertiary/aromatic N) is 6. The van der Waals surface area contributed by atoms with Crippen LogP contribution >= 0.6 is 0 Å². The Kier molecular flexibility index (Phi) is 6.53. The summed E-state index contributed by atoms with van der Waals surface area (Å²) in [5.41, 5.74) is 1.73. The van der Waals surface area contributed by atoms with E-state index in [0.29, 0.717) is 11.7 Å². The highest BCUT2D eigenvalue weighted by Gasteiger charge is 2.34. The fourth-order valence-electron chi connectivity index (χ4n) is 5.29. The number of aromatic nitrogens is 4. The van der Waals surface area contributed by atoms with E-state index in [2.05, 4.69) is 36.1 Å². The molecule has 174 valence electrons. The smallest absolute Gasteiger partial charge is 0.173 e. The van der Waals surface area contributed by atoms with E-state index in [4.69, 9.17) is 4.74 Å². The molecule has 1 saturated heterocycles. The predicted octanol–water partition coefficient (Wildman–Crippen LogP) is 4.24. The lowest BCUT2D eigenvalue weighted by Gasteiger charge is -2.40. The molecule has 2 aliphatic rings. The van der Waals surface area contributed by atoms with Crippen molar-refractivity contribution < 1.29 is 9.13 Å². The minimum absolute atomic E-state index is 0.124. The van der Waals surface area contributed by atoms with Crippen molar-refractivity contribution in [1.82, 2.24) is 25.1 Å². The summed E-state index contributed by atoms with van der Waals surface area (Å²) in [6.45, 7) is 3.01. The molecule has 1 aliphatic carbocycles. The molecule has 2 aromatic carbocycles. The molecule has 1 unspecified atom stereocenters. The van der Waals surface area contributed by atoms with Crippen LogP contribution in [-0.4, -0.2) is 58.4 Å². The SMILES string of the molecule is COc1ccccc1C(c1nnnn1C1CCCCC1)N1CCN(c2ccccc2F)CC1. The van der Waals surface area contributed by atoms with E-state index in [1.807, 2.05) is 30.3 Å². The summed E-state index contributed by atoms with van der Waals surface area (Å²) in [7, 11) is 1.70. The van der Waals surface area contributed by atoms with Crippen molar-refractivity contribution >= 4 is 5.69 Å². The molecule has 1 saturated carbocycles. The van der Waals surface area contributed by atoms with E-state index in [1.165, 1.54) is 25.3 Å². The average molecular weight is 451 g/mol. The maximum Gasteiger partial charge on any atom is 0.173 e. The second kappa shape index (κ2) is 9.87. The summed E-state index contributed by atoms with van der Waals surface area (Å²) in [6.07, 6.45) is 5.92. The maximum absolute atomic E-state index is 14.4. The molecule has 5 rings (SSSR count). The summed E-state index contributed by atoms with van der Waals surface area (Å²) in [5.74, 6) is 1.52. The number of hydrogen-bond acceptors (Lipinski definition) is 6. The zero-order valence-electron chi connectivity index (χ0n) is 19.1. The molecule has 2 fully saturated rings. The zero-order chi connectivity index (χ0) is 22.6. The van der Waals surface area contributed by atoms with Gasteiger partial charge in [0.2, 0.25) is 0 Å². The molecular weight excluding hydrogens is 419 g/mol. The fraction of sp³-hybridized carbons (Fsp3) is 0.480. The van der Waals surface area contributed by atoms with Crippen LogP contribution in [0, 0.1) is 5.82 Å². The van der Waals surface area contributed by atoms with Gasteiger partial charge in [-0.05, 0) is 41.5 Å². The summed E-state index contributed by atoms with van der Waals surface area (Å²) >= 11 is 0. The Bertz CT molecular complexity index is 1060. The van der Waals surface area contributed by atoms with Gasteiger partial charge in [0.15, 0.2) is 5.82 Å². The summed E-state index contributed by atoms with van der Waals surface area (Å²) in [6, 6.07) is 15.3. The molecule has 0 spiro atoms. The second-order valence-electron chi connectivity index (χ2n) is 8.89. The molecule has 1 aliphatic heterocycles. The largest absolute Gasteiger partial charge is 0.496 e. The van der Waals surface area contributed by atoms with Crippen LogP contribution in [0.4, 0.5) is 10.1 Å². The molecule has 1 atom stereocenters. The van der Waals surface area contributed by atoms with Crippen LogP contribution < -0.4 is 9.64 Å². The Balaban J connectivity index is 1.46. The quantitative estimate of drug-likeness (QED) is 0.560. The number of para-hydroxylation sites is 2. The number of piperazine rings is 1. The molecule has 33 heavy (non-hydrogen) atoms. The van der Waals surface area contributed by atoms with Gasteiger partial charge >= 0.3 is 0 Å². The first kappa shape index (κ1) is 21.8. The van der Waals surface area contributed by atoms with Crippen LogP contribution in [0.1, 0.15) is 55.6 Å². The molecule has 7 nitrogen and oxygen atoms in total. The Morgan fingerprint density at radius 1 is 0.939 bits per heavy atom. The summed E-state index contributed by atoms with van der Waals surface area (Å²) in [5, 5.41) is 13.1. The van der Waals surface area contributed by atoms with Crippen molar-refractivity contribution in [3.8, 4) is 5.75 Å². The molecule has 0 bridgehead atoms. The molecule has 0 radical (unpaired) electrons. The lowest BCUT2D eigenvalue weighted by Crippen LogP contribution is -2.48. The van der Waals surface area contributed by atoms with Gasteiger partial charge in [-0.3, -0.25) is 4.90 Å². The normalized spacial score (nSPS) is 18.9. The third-order valence-corrected chi connectivity index (χ3v) is 6.99. The second-order valence-corrected chi connectivity index (χ2v) is 8.89. The van der Waals surface area contributed by atoms with Crippen molar-refractivity contribution in [1.29, 1.82) is 0 Å². The Labute approximate surface area is 194 Å². The highest BCUT2D eigenvalue weighted by molar-refractivity contribution is 5.48. The number of hydrogen-bond donors (Lipinski definition) is 0. The van der Waals surface area contributed by atoms with Gasteiger partial charge < -0.3 is 9.64 Å².